The number of carbonyl (C=O) groups excluding carboxylic acids is 2. The molecule has 4 aromatic rings. The highest BCUT2D eigenvalue weighted by Crippen LogP contribution is 2.25. The van der Waals surface area contributed by atoms with Crippen molar-refractivity contribution in [1.29, 1.82) is 0 Å². The second-order valence-electron chi connectivity index (χ2n) is 7.67. The van der Waals surface area contributed by atoms with E-state index in [4.69, 9.17) is 4.74 Å². The number of nitrogens with one attached hydrogen (secondary N) is 3. The Kier molecular flexibility index (Phi) is 7.03. The number of H-pyrrole nitrogens is 1. The van der Waals surface area contributed by atoms with Crippen LogP contribution in [0.1, 0.15) is 21.5 Å². The maximum atomic E-state index is 13.1. The van der Waals surface area contributed by atoms with E-state index in [0.29, 0.717) is 24.3 Å². The van der Waals surface area contributed by atoms with Gasteiger partial charge in [-0.3, -0.25) is 9.59 Å². The predicted octanol–water partition coefficient (Wildman–Crippen LogP) is 4.45. The second-order valence-corrected chi connectivity index (χ2v) is 7.67. The lowest BCUT2D eigenvalue weighted by Gasteiger charge is -2.11. The van der Waals surface area contributed by atoms with E-state index in [1.54, 1.807) is 55.8 Å². The molecule has 0 radical (unpaired) electrons. The largest absolute Gasteiger partial charge is 0.497 e. The van der Waals surface area contributed by atoms with E-state index in [0.717, 1.165) is 22.0 Å². The molecule has 6 nitrogen and oxygen atoms in total. The van der Waals surface area contributed by atoms with E-state index < -0.39 is 11.8 Å². The van der Waals surface area contributed by atoms with Crippen LogP contribution in [0.15, 0.2) is 84.7 Å². The minimum absolute atomic E-state index is 0.108. The van der Waals surface area contributed by atoms with E-state index in [9.17, 15) is 14.0 Å². The zero-order valence-electron chi connectivity index (χ0n) is 18.6. The number of benzene rings is 3. The minimum atomic E-state index is -0.427. The Morgan fingerprint density at radius 2 is 1.79 bits per heavy atom. The van der Waals surface area contributed by atoms with E-state index >= 15 is 0 Å². The molecule has 34 heavy (non-hydrogen) atoms. The Hall–Kier alpha value is -4.39. The van der Waals surface area contributed by atoms with Crippen LogP contribution in [0.25, 0.3) is 17.0 Å². The number of methoxy groups -OCH3 is 1. The zero-order valence-corrected chi connectivity index (χ0v) is 18.6. The number of halogens is 1. The van der Waals surface area contributed by atoms with Gasteiger partial charge in [0.15, 0.2) is 0 Å². The summed E-state index contributed by atoms with van der Waals surface area (Å²) in [5, 5.41) is 6.42. The molecule has 1 aromatic heterocycles. The van der Waals surface area contributed by atoms with E-state index in [1.165, 1.54) is 12.1 Å². The lowest BCUT2D eigenvalue weighted by atomic mass is 10.1. The Morgan fingerprint density at radius 1 is 1.03 bits per heavy atom. The van der Waals surface area contributed by atoms with E-state index in [2.05, 4.69) is 15.6 Å². The van der Waals surface area contributed by atoms with Crippen molar-refractivity contribution in [3.8, 4) is 5.75 Å². The van der Waals surface area contributed by atoms with Gasteiger partial charge in [0.05, 0.1) is 7.11 Å². The molecule has 3 aromatic carbocycles. The summed E-state index contributed by atoms with van der Waals surface area (Å²) in [6.45, 7) is 0.324. The van der Waals surface area contributed by atoms with Gasteiger partial charge < -0.3 is 20.4 Å². The monoisotopic (exact) mass is 457 g/mol. The highest BCUT2D eigenvalue weighted by molar-refractivity contribution is 6.06. The fourth-order valence-electron chi connectivity index (χ4n) is 3.53. The number of carbonyl (C=O) groups is 2. The summed E-state index contributed by atoms with van der Waals surface area (Å²) in [4.78, 5) is 29.0. The van der Waals surface area contributed by atoms with Gasteiger partial charge in [-0.1, -0.05) is 30.3 Å². The Morgan fingerprint density at radius 3 is 2.53 bits per heavy atom. The van der Waals surface area contributed by atoms with E-state index in [-0.39, 0.29) is 11.5 Å². The predicted molar refractivity (Wildman–Crippen MR) is 130 cm³/mol. The summed E-state index contributed by atoms with van der Waals surface area (Å²) < 4.78 is 18.4. The van der Waals surface area contributed by atoms with Crippen LogP contribution in [0, 0.1) is 5.82 Å². The molecule has 0 aliphatic carbocycles. The Bertz CT molecular complexity index is 1330. The zero-order chi connectivity index (χ0) is 23.9. The summed E-state index contributed by atoms with van der Waals surface area (Å²) in [7, 11) is 1.59. The van der Waals surface area contributed by atoms with Gasteiger partial charge in [-0.25, -0.2) is 4.39 Å². The molecule has 1 heterocycles. The highest BCUT2D eigenvalue weighted by atomic mass is 19.1. The third kappa shape index (κ3) is 5.50. The molecular weight excluding hydrogens is 433 g/mol. The van der Waals surface area contributed by atoms with Crippen LogP contribution in [-0.4, -0.2) is 30.5 Å². The summed E-state index contributed by atoms with van der Waals surface area (Å²) >= 11 is 0. The fraction of sp³-hybridized carbons (Fsp3) is 0.111. The first-order valence-corrected chi connectivity index (χ1v) is 10.8. The Labute approximate surface area is 196 Å². The highest BCUT2D eigenvalue weighted by Gasteiger charge is 2.16. The molecule has 7 heteroatoms. The smallest absolute Gasteiger partial charge is 0.267 e. The SMILES string of the molecule is COc1ccc2[nH]cc(/C=C(\NC(=O)c3ccccc3)C(=O)NCCc3ccc(F)cc3)c2c1. The molecule has 0 spiro atoms. The number of hydrogen-bond donors (Lipinski definition) is 3. The van der Waals surface area contributed by atoms with Crippen LogP contribution in [-0.2, 0) is 11.2 Å². The lowest BCUT2D eigenvalue weighted by molar-refractivity contribution is -0.117. The molecule has 2 amide bonds. The summed E-state index contributed by atoms with van der Waals surface area (Å²) in [6.07, 6.45) is 3.92. The molecule has 3 N–H and O–H groups in total. The van der Waals surface area contributed by atoms with Crippen LogP contribution in [0.4, 0.5) is 4.39 Å². The quantitative estimate of drug-likeness (QED) is 0.342. The van der Waals surface area contributed by atoms with Crippen molar-refractivity contribution in [2.45, 2.75) is 6.42 Å². The fourth-order valence-corrected chi connectivity index (χ4v) is 3.53. The van der Waals surface area contributed by atoms with Crippen molar-refractivity contribution < 1.29 is 18.7 Å². The van der Waals surface area contributed by atoms with Crippen molar-refractivity contribution in [2.75, 3.05) is 13.7 Å². The van der Waals surface area contributed by atoms with Crippen LogP contribution in [0.5, 0.6) is 5.75 Å². The van der Waals surface area contributed by atoms with Gasteiger partial charge in [0.1, 0.15) is 17.3 Å². The first-order chi connectivity index (χ1) is 16.5. The maximum Gasteiger partial charge on any atom is 0.267 e. The summed E-state index contributed by atoms with van der Waals surface area (Å²) in [6, 6.07) is 20.4. The first kappa shape index (κ1) is 22.8. The van der Waals surface area contributed by atoms with E-state index in [1.807, 2.05) is 24.3 Å². The molecule has 172 valence electrons. The summed E-state index contributed by atoms with van der Waals surface area (Å²) in [5.41, 5.74) is 3.04. The van der Waals surface area contributed by atoms with Crippen molar-refractivity contribution in [2.24, 2.45) is 0 Å². The average molecular weight is 458 g/mol. The minimum Gasteiger partial charge on any atom is -0.497 e. The van der Waals surface area contributed by atoms with Crippen molar-refractivity contribution in [1.82, 2.24) is 15.6 Å². The van der Waals surface area contributed by atoms with Crippen LogP contribution < -0.4 is 15.4 Å². The molecular formula is C27H24FN3O3. The first-order valence-electron chi connectivity index (χ1n) is 10.8. The maximum absolute atomic E-state index is 13.1. The molecule has 0 bridgehead atoms. The van der Waals surface area contributed by atoms with Crippen LogP contribution in [0.2, 0.25) is 0 Å². The van der Waals surface area contributed by atoms with Crippen molar-refractivity contribution >= 4 is 28.8 Å². The molecule has 0 saturated heterocycles. The number of aromatic amines is 1. The topological polar surface area (TPSA) is 83.2 Å². The number of fused-ring (bicyclic) bond motifs is 1. The van der Waals surface area contributed by atoms with Gasteiger partial charge in [0.25, 0.3) is 11.8 Å². The normalized spacial score (nSPS) is 11.3. The van der Waals surface area contributed by atoms with Gasteiger partial charge in [0, 0.05) is 34.8 Å². The molecule has 0 saturated carbocycles. The number of hydrogen-bond acceptors (Lipinski definition) is 3. The Balaban J connectivity index is 1.57. The molecule has 0 aliphatic heterocycles. The van der Waals surface area contributed by atoms with Crippen molar-refractivity contribution in [3.63, 3.8) is 0 Å². The molecule has 4 rings (SSSR count). The lowest BCUT2D eigenvalue weighted by Crippen LogP contribution is -2.35. The second kappa shape index (κ2) is 10.5. The number of amides is 2. The third-order valence-electron chi connectivity index (χ3n) is 5.36. The molecule has 0 unspecified atom stereocenters. The van der Waals surface area contributed by atoms with Gasteiger partial charge in [0.2, 0.25) is 0 Å². The number of ether oxygens (including phenoxy) is 1. The standard InChI is InChI=1S/C27H24FN3O3/c1-34-22-11-12-24-23(16-22)20(17-30-24)15-25(31-26(32)19-5-3-2-4-6-19)27(33)29-14-13-18-7-9-21(28)10-8-18/h2-12,15-17,30H,13-14H2,1H3,(H,29,33)(H,31,32)/b25-15-. The molecule has 0 atom stereocenters. The van der Waals surface area contributed by atoms with Gasteiger partial charge in [-0.15, -0.1) is 0 Å². The summed E-state index contributed by atoms with van der Waals surface area (Å²) in [5.74, 6) is -0.445. The molecule has 0 fully saturated rings. The molecule has 0 aliphatic rings. The van der Waals surface area contributed by atoms with Gasteiger partial charge >= 0.3 is 0 Å². The van der Waals surface area contributed by atoms with Crippen LogP contribution in [0.3, 0.4) is 0 Å². The number of aromatic nitrogens is 1. The van der Waals surface area contributed by atoms with Crippen LogP contribution >= 0.6 is 0 Å². The third-order valence-corrected chi connectivity index (χ3v) is 5.36. The van der Waals surface area contributed by atoms with Crippen molar-refractivity contribution in [3.05, 3.63) is 107 Å². The average Bonchev–Trinajstić information content (AvgIpc) is 3.27. The number of rotatable bonds is 8. The van der Waals surface area contributed by atoms with Gasteiger partial charge in [-0.05, 0) is 60.5 Å². The van der Waals surface area contributed by atoms with Gasteiger partial charge in [-0.2, -0.15) is 0 Å².